The molecule has 0 aliphatic carbocycles. The maximum Gasteiger partial charge on any atom is 0.326 e. The van der Waals surface area contributed by atoms with Gasteiger partial charge in [0, 0.05) is 11.1 Å². The molecule has 3 N–H and O–H groups in total. The van der Waals surface area contributed by atoms with Gasteiger partial charge < -0.3 is 15.8 Å². The average molecular weight is 256 g/mol. The molecule has 1 atom stereocenters. The van der Waals surface area contributed by atoms with Crippen molar-refractivity contribution in [2.75, 3.05) is 0 Å². The van der Waals surface area contributed by atoms with Gasteiger partial charge in [0.2, 0.25) is 5.91 Å². The SMILES string of the molecule is CC(=N)CCCC[C@H](NC(=O)C(C)(C)C)C(=O)O. The van der Waals surface area contributed by atoms with Crippen LogP contribution < -0.4 is 5.32 Å². The van der Waals surface area contributed by atoms with Crippen molar-refractivity contribution in [2.45, 2.75) is 59.4 Å². The van der Waals surface area contributed by atoms with Crippen LogP contribution in [0.25, 0.3) is 0 Å². The lowest BCUT2D eigenvalue weighted by molar-refractivity contribution is -0.143. The topological polar surface area (TPSA) is 90.3 Å². The van der Waals surface area contributed by atoms with Gasteiger partial charge in [-0.2, -0.15) is 0 Å². The number of nitrogens with one attached hydrogen (secondary N) is 2. The van der Waals surface area contributed by atoms with Gasteiger partial charge in [-0.05, 0) is 26.2 Å². The molecule has 0 aromatic heterocycles. The smallest absolute Gasteiger partial charge is 0.326 e. The molecule has 0 aliphatic heterocycles. The summed E-state index contributed by atoms with van der Waals surface area (Å²) in [6, 6.07) is -0.831. The summed E-state index contributed by atoms with van der Waals surface area (Å²) in [5, 5.41) is 18.9. The van der Waals surface area contributed by atoms with E-state index in [4.69, 9.17) is 10.5 Å². The van der Waals surface area contributed by atoms with E-state index in [1.165, 1.54) is 0 Å². The van der Waals surface area contributed by atoms with Crippen molar-refractivity contribution >= 4 is 17.6 Å². The third-order valence-corrected chi connectivity index (χ3v) is 2.58. The van der Waals surface area contributed by atoms with Gasteiger partial charge in [0.1, 0.15) is 6.04 Å². The Bertz CT molecular complexity index is 319. The molecule has 0 unspecified atom stereocenters. The van der Waals surface area contributed by atoms with Crippen LogP contribution in [0.1, 0.15) is 53.4 Å². The normalized spacial score (nSPS) is 12.9. The number of carboxylic acids is 1. The second-order valence-electron chi connectivity index (χ2n) is 5.64. The van der Waals surface area contributed by atoms with Crippen molar-refractivity contribution in [2.24, 2.45) is 5.41 Å². The van der Waals surface area contributed by atoms with Gasteiger partial charge in [0.05, 0.1) is 0 Å². The quantitative estimate of drug-likeness (QED) is 0.482. The molecule has 0 spiro atoms. The van der Waals surface area contributed by atoms with Gasteiger partial charge in [0.25, 0.3) is 0 Å². The molecule has 0 fully saturated rings. The lowest BCUT2D eigenvalue weighted by Crippen LogP contribution is -2.45. The molecule has 1 amide bonds. The maximum atomic E-state index is 11.7. The van der Waals surface area contributed by atoms with Crippen LogP contribution in [0.5, 0.6) is 0 Å². The lowest BCUT2D eigenvalue weighted by Gasteiger charge is -2.21. The molecule has 0 aliphatic rings. The first kappa shape index (κ1) is 16.6. The number of carbonyl (C=O) groups is 2. The summed E-state index contributed by atoms with van der Waals surface area (Å²) in [7, 11) is 0. The van der Waals surface area contributed by atoms with E-state index in [1.807, 2.05) is 0 Å². The fraction of sp³-hybridized carbons (Fsp3) is 0.769. The average Bonchev–Trinajstić information content (AvgIpc) is 2.19. The third kappa shape index (κ3) is 7.04. The van der Waals surface area contributed by atoms with Crippen LogP contribution in [-0.4, -0.2) is 28.7 Å². The number of carbonyl (C=O) groups excluding carboxylic acids is 1. The number of rotatable bonds is 7. The zero-order chi connectivity index (χ0) is 14.3. The maximum absolute atomic E-state index is 11.7. The van der Waals surface area contributed by atoms with Crippen LogP contribution >= 0.6 is 0 Å². The molecule has 0 saturated carbocycles. The van der Waals surface area contributed by atoms with Gasteiger partial charge in [-0.15, -0.1) is 0 Å². The van der Waals surface area contributed by atoms with Gasteiger partial charge in [-0.3, -0.25) is 4.79 Å². The van der Waals surface area contributed by atoms with Crippen molar-refractivity contribution < 1.29 is 14.7 Å². The van der Waals surface area contributed by atoms with Crippen molar-refractivity contribution in [3.63, 3.8) is 0 Å². The molecule has 0 aromatic carbocycles. The number of carboxylic acid groups (broad SMARTS) is 1. The van der Waals surface area contributed by atoms with Crippen LogP contribution in [0.4, 0.5) is 0 Å². The number of unbranched alkanes of at least 4 members (excludes halogenated alkanes) is 1. The first-order valence-electron chi connectivity index (χ1n) is 6.22. The second kappa shape index (κ2) is 7.13. The Kier molecular flexibility index (Phi) is 6.58. The largest absolute Gasteiger partial charge is 0.480 e. The summed E-state index contributed by atoms with van der Waals surface area (Å²) in [5.74, 6) is -1.25. The fourth-order valence-corrected chi connectivity index (χ4v) is 1.37. The predicted molar refractivity (Wildman–Crippen MR) is 70.9 cm³/mol. The number of amides is 1. The molecule has 0 bridgehead atoms. The molecular weight excluding hydrogens is 232 g/mol. The highest BCUT2D eigenvalue weighted by Gasteiger charge is 2.26. The first-order valence-corrected chi connectivity index (χ1v) is 6.22. The van der Waals surface area contributed by atoms with E-state index in [2.05, 4.69) is 5.32 Å². The Labute approximate surface area is 108 Å². The van der Waals surface area contributed by atoms with Crippen molar-refractivity contribution in [1.82, 2.24) is 5.32 Å². The van der Waals surface area contributed by atoms with E-state index < -0.39 is 17.4 Å². The standard InChI is InChI=1S/C13H24N2O3/c1-9(14)7-5-6-8-10(11(16)17)15-12(18)13(2,3)4/h10,14H,5-8H2,1-4H3,(H,15,18)(H,16,17)/t10-/m0/s1. The van der Waals surface area contributed by atoms with Crippen LogP contribution in [0.15, 0.2) is 0 Å². The van der Waals surface area contributed by atoms with Gasteiger partial charge >= 0.3 is 5.97 Å². The van der Waals surface area contributed by atoms with Gasteiger partial charge in [0.15, 0.2) is 0 Å². The molecule has 18 heavy (non-hydrogen) atoms. The van der Waals surface area contributed by atoms with Crippen molar-refractivity contribution in [3.8, 4) is 0 Å². The number of hydrogen-bond donors (Lipinski definition) is 3. The van der Waals surface area contributed by atoms with Crippen LogP contribution in [0.2, 0.25) is 0 Å². The Morgan fingerprint density at radius 3 is 2.22 bits per heavy atom. The Hall–Kier alpha value is -1.39. The molecule has 0 radical (unpaired) electrons. The molecule has 0 aromatic rings. The van der Waals surface area contributed by atoms with Crippen LogP contribution in [-0.2, 0) is 9.59 Å². The Balaban J connectivity index is 4.21. The minimum absolute atomic E-state index is 0.252. The van der Waals surface area contributed by atoms with E-state index in [-0.39, 0.29) is 5.91 Å². The van der Waals surface area contributed by atoms with E-state index >= 15 is 0 Å². The summed E-state index contributed by atoms with van der Waals surface area (Å²) in [4.78, 5) is 22.7. The Morgan fingerprint density at radius 1 is 1.28 bits per heavy atom. The highest BCUT2D eigenvalue weighted by molar-refractivity contribution is 5.86. The number of aliphatic carboxylic acids is 1. The van der Waals surface area contributed by atoms with E-state index in [1.54, 1.807) is 27.7 Å². The second-order valence-corrected chi connectivity index (χ2v) is 5.64. The summed E-state index contributed by atoms with van der Waals surface area (Å²) in [6.07, 6.45) is 2.56. The molecule has 5 heteroatoms. The van der Waals surface area contributed by atoms with Gasteiger partial charge in [-0.1, -0.05) is 27.2 Å². The summed E-state index contributed by atoms with van der Waals surface area (Å²) < 4.78 is 0. The minimum atomic E-state index is -1.00. The molecule has 0 rings (SSSR count). The monoisotopic (exact) mass is 256 g/mol. The van der Waals surface area contributed by atoms with E-state index in [0.29, 0.717) is 25.0 Å². The zero-order valence-electron chi connectivity index (χ0n) is 11.7. The highest BCUT2D eigenvalue weighted by atomic mass is 16.4. The molecular formula is C13H24N2O3. The number of hydrogen-bond acceptors (Lipinski definition) is 3. The van der Waals surface area contributed by atoms with Crippen molar-refractivity contribution in [1.29, 1.82) is 5.41 Å². The van der Waals surface area contributed by atoms with Crippen LogP contribution in [0, 0.1) is 10.8 Å². The van der Waals surface area contributed by atoms with E-state index in [9.17, 15) is 9.59 Å². The lowest BCUT2D eigenvalue weighted by atomic mass is 9.94. The summed E-state index contributed by atoms with van der Waals surface area (Å²) in [6.45, 7) is 6.98. The van der Waals surface area contributed by atoms with Crippen molar-refractivity contribution in [3.05, 3.63) is 0 Å². The fourth-order valence-electron chi connectivity index (χ4n) is 1.37. The Morgan fingerprint density at radius 2 is 1.83 bits per heavy atom. The van der Waals surface area contributed by atoms with Gasteiger partial charge in [-0.25, -0.2) is 4.79 Å². The van der Waals surface area contributed by atoms with Crippen LogP contribution in [0.3, 0.4) is 0 Å². The molecule has 5 nitrogen and oxygen atoms in total. The molecule has 0 heterocycles. The summed E-state index contributed by atoms with van der Waals surface area (Å²) in [5.41, 5.74) is 0.0137. The van der Waals surface area contributed by atoms with E-state index in [0.717, 1.165) is 6.42 Å². The molecule has 104 valence electrons. The summed E-state index contributed by atoms with van der Waals surface area (Å²) >= 11 is 0. The highest BCUT2D eigenvalue weighted by Crippen LogP contribution is 2.14. The third-order valence-electron chi connectivity index (χ3n) is 2.58. The molecule has 0 saturated heterocycles. The first-order chi connectivity index (χ1) is 8.14. The predicted octanol–water partition coefficient (Wildman–Crippen LogP) is 2.20. The zero-order valence-corrected chi connectivity index (χ0v) is 11.7. The minimum Gasteiger partial charge on any atom is -0.480 e.